The van der Waals surface area contributed by atoms with Crippen molar-refractivity contribution in [3.63, 3.8) is 0 Å². The van der Waals surface area contributed by atoms with Gasteiger partial charge in [-0.2, -0.15) is 0 Å². The van der Waals surface area contributed by atoms with Crippen LogP contribution in [0.4, 0.5) is 4.39 Å². The van der Waals surface area contributed by atoms with Gasteiger partial charge in [0.05, 0.1) is 16.6 Å². The molecule has 0 bridgehead atoms. The molecule has 3 rings (SSSR count). The van der Waals surface area contributed by atoms with E-state index in [1.807, 2.05) is 11.5 Å². The molecule has 1 aromatic heterocycles. The number of hydrogen-bond donors (Lipinski definition) is 1. The molecule has 0 aliphatic carbocycles. The van der Waals surface area contributed by atoms with E-state index in [1.54, 1.807) is 30.3 Å². The van der Waals surface area contributed by atoms with Crippen LogP contribution in [0.3, 0.4) is 0 Å². The molecular weight excluding hydrogens is 271 g/mol. The first-order valence-electron chi connectivity index (χ1n) is 6.49. The lowest BCUT2D eigenvalue weighted by Crippen LogP contribution is -2.02. The van der Waals surface area contributed by atoms with Crippen LogP contribution in [0.25, 0.3) is 11.0 Å². The van der Waals surface area contributed by atoms with Crippen LogP contribution in [0.1, 0.15) is 21.7 Å². The van der Waals surface area contributed by atoms with Crippen LogP contribution < -0.4 is 0 Å². The SMILES string of the molecule is Cc1nc2cc(C(=O)O)ccc2n1Cc1ccc(F)cc1. The number of nitrogens with zero attached hydrogens (tertiary/aromatic N) is 2. The van der Waals surface area contributed by atoms with E-state index >= 15 is 0 Å². The van der Waals surface area contributed by atoms with Crippen LogP contribution in [-0.4, -0.2) is 20.6 Å². The van der Waals surface area contributed by atoms with E-state index in [2.05, 4.69) is 4.98 Å². The Balaban J connectivity index is 2.04. The fourth-order valence-corrected chi connectivity index (χ4v) is 2.36. The third-order valence-corrected chi connectivity index (χ3v) is 3.44. The molecule has 0 fully saturated rings. The van der Waals surface area contributed by atoms with Gasteiger partial charge in [-0.05, 0) is 42.8 Å². The minimum absolute atomic E-state index is 0.217. The number of carbonyl (C=O) groups is 1. The highest BCUT2D eigenvalue weighted by atomic mass is 19.1. The molecule has 0 aliphatic rings. The molecule has 0 radical (unpaired) electrons. The normalized spacial score (nSPS) is 11.0. The summed E-state index contributed by atoms with van der Waals surface area (Å²) in [5, 5.41) is 9.01. The monoisotopic (exact) mass is 284 g/mol. The van der Waals surface area contributed by atoms with Crippen molar-refractivity contribution in [3.8, 4) is 0 Å². The average molecular weight is 284 g/mol. The molecular formula is C16H13FN2O2. The first-order chi connectivity index (χ1) is 10.0. The molecule has 2 aromatic carbocycles. The Hall–Kier alpha value is -2.69. The van der Waals surface area contributed by atoms with Gasteiger partial charge in [-0.15, -0.1) is 0 Å². The van der Waals surface area contributed by atoms with E-state index in [0.29, 0.717) is 12.1 Å². The number of aromatic carboxylic acids is 1. The number of aryl methyl sites for hydroxylation is 1. The highest BCUT2D eigenvalue weighted by molar-refractivity contribution is 5.92. The second kappa shape index (κ2) is 5.01. The zero-order valence-corrected chi connectivity index (χ0v) is 11.4. The maximum atomic E-state index is 12.9. The summed E-state index contributed by atoms with van der Waals surface area (Å²) in [6.45, 7) is 2.43. The van der Waals surface area contributed by atoms with Gasteiger partial charge < -0.3 is 9.67 Å². The molecule has 4 nitrogen and oxygen atoms in total. The van der Waals surface area contributed by atoms with Gasteiger partial charge in [0.15, 0.2) is 0 Å². The van der Waals surface area contributed by atoms with E-state index in [-0.39, 0.29) is 11.4 Å². The molecule has 0 saturated heterocycles. The molecule has 1 heterocycles. The first kappa shape index (κ1) is 13.3. The number of fused-ring (bicyclic) bond motifs is 1. The van der Waals surface area contributed by atoms with Crippen molar-refractivity contribution < 1.29 is 14.3 Å². The number of imidazole rings is 1. The molecule has 106 valence electrons. The number of aromatic nitrogens is 2. The van der Waals surface area contributed by atoms with Gasteiger partial charge in [0.2, 0.25) is 0 Å². The Bertz CT molecular complexity index is 822. The summed E-state index contributed by atoms with van der Waals surface area (Å²) in [6.07, 6.45) is 0. The Morgan fingerprint density at radius 3 is 2.62 bits per heavy atom. The van der Waals surface area contributed by atoms with Gasteiger partial charge >= 0.3 is 5.97 Å². The van der Waals surface area contributed by atoms with E-state index < -0.39 is 5.97 Å². The standard InChI is InChI=1S/C16H13FN2O2/c1-10-18-14-8-12(16(20)21)4-7-15(14)19(10)9-11-2-5-13(17)6-3-11/h2-8H,9H2,1H3,(H,20,21). The molecule has 3 aromatic rings. The van der Waals surface area contributed by atoms with Crippen LogP contribution in [0, 0.1) is 12.7 Å². The smallest absolute Gasteiger partial charge is 0.335 e. The van der Waals surface area contributed by atoms with Crippen molar-refractivity contribution in [3.05, 3.63) is 65.2 Å². The van der Waals surface area contributed by atoms with Crippen LogP contribution in [0.2, 0.25) is 0 Å². The van der Waals surface area contributed by atoms with Gasteiger partial charge in [-0.25, -0.2) is 14.2 Å². The predicted molar refractivity (Wildman–Crippen MR) is 76.9 cm³/mol. The number of rotatable bonds is 3. The zero-order valence-electron chi connectivity index (χ0n) is 11.4. The molecule has 1 N–H and O–H groups in total. The Kier molecular flexibility index (Phi) is 3.17. The molecule has 0 saturated carbocycles. The Morgan fingerprint density at radius 2 is 1.95 bits per heavy atom. The van der Waals surface area contributed by atoms with E-state index in [1.165, 1.54) is 12.1 Å². The molecule has 0 amide bonds. The predicted octanol–water partition coefficient (Wildman–Crippen LogP) is 3.23. The minimum Gasteiger partial charge on any atom is -0.478 e. The molecule has 5 heteroatoms. The lowest BCUT2D eigenvalue weighted by molar-refractivity contribution is 0.0697. The van der Waals surface area contributed by atoms with Gasteiger partial charge in [0.25, 0.3) is 0 Å². The van der Waals surface area contributed by atoms with Gasteiger partial charge in [-0.3, -0.25) is 0 Å². The van der Waals surface area contributed by atoms with Crippen molar-refractivity contribution in [1.29, 1.82) is 0 Å². The van der Waals surface area contributed by atoms with Crippen LogP contribution in [-0.2, 0) is 6.54 Å². The zero-order chi connectivity index (χ0) is 15.0. The maximum absolute atomic E-state index is 12.9. The third-order valence-electron chi connectivity index (χ3n) is 3.44. The largest absolute Gasteiger partial charge is 0.478 e. The second-order valence-electron chi connectivity index (χ2n) is 4.88. The van der Waals surface area contributed by atoms with Crippen molar-refractivity contribution in [1.82, 2.24) is 9.55 Å². The molecule has 21 heavy (non-hydrogen) atoms. The highest BCUT2D eigenvalue weighted by Gasteiger charge is 2.11. The molecule has 0 atom stereocenters. The molecule has 0 aliphatic heterocycles. The quantitative estimate of drug-likeness (QED) is 0.803. The van der Waals surface area contributed by atoms with Gasteiger partial charge in [0, 0.05) is 6.54 Å². The molecule has 0 spiro atoms. The molecule has 0 unspecified atom stereocenters. The third kappa shape index (κ3) is 2.50. The topological polar surface area (TPSA) is 55.1 Å². The van der Waals surface area contributed by atoms with Crippen LogP contribution >= 0.6 is 0 Å². The van der Waals surface area contributed by atoms with E-state index in [4.69, 9.17) is 5.11 Å². The Labute approximate surface area is 120 Å². The first-order valence-corrected chi connectivity index (χ1v) is 6.49. The number of halogens is 1. The van der Waals surface area contributed by atoms with Gasteiger partial charge in [-0.1, -0.05) is 12.1 Å². The van der Waals surface area contributed by atoms with Gasteiger partial charge in [0.1, 0.15) is 11.6 Å². The highest BCUT2D eigenvalue weighted by Crippen LogP contribution is 2.19. The summed E-state index contributed by atoms with van der Waals surface area (Å²) in [5.74, 6) is -0.448. The lowest BCUT2D eigenvalue weighted by Gasteiger charge is -2.07. The maximum Gasteiger partial charge on any atom is 0.335 e. The summed E-state index contributed by atoms with van der Waals surface area (Å²) in [6, 6.07) is 11.2. The lowest BCUT2D eigenvalue weighted by atomic mass is 10.2. The van der Waals surface area contributed by atoms with E-state index in [9.17, 15) is 9.18 Å². The van der Waals surface area contributed by atoms with Crippen LogP contribution in [0.5, 0.6) is 0 Å². The summed E-state index contributed by atoms with van der Waals surface area (Å²) in [4.78, 5) is 15.4. The minimum atomic E-state index is -0.970. The second-order valence-corrected chi connectivity index (χ2v) is 4.88. The number of hydrogen-bond acceptors (Lipinski definition) is 2. The fourth-order valence-electron chi connectivity index (χ4n) is 2.36. The summed E-state index contributed by atoms with van der Waals surface area (Å²) in [5.41, 5.74) is 2.69. The number of carboxylic acids is 1. The van der Waals surface area contributed by atoms with Crippen molar-refractivity contribution >= 4 is 17.0 Å². The number of benzene rings is 2. The number of carboxylic acid groups (broad SMARTS) is 1. The summed E-state index contributed by atoms with van der Waals surface area (Å²) < 4.78 is 14.9. The van der Waals surface area contributed by atoms with Crippen LogP contribution in [0.15, 0.2) is 42.5 Å². The van der Waals surface area contributed by atoms with Crippen molar-refractivity contribution in [2.45, 2.75) is 13.5 Å². The van der Waals surface area contributed by atoms with Crippen molar-refractivity contribution in [2.24, 2.45) is 0 Å². The fraction of sp³-hybridized carbons (Fsp3) is 0.125. The average Bonchev–Trinajstić information content (AvgIpc) is 2.76. The van der Waals surface area contributed by atoms with E-state index in [0.717, 1.165) is 16.9 Å². The van der Waals surface area contributed by atoms with Crippen molar-refractivity contribution in [2.75, 3.05) is 0 Å². The summed E-state index contributed by atoms with van der Waals surface area (Å²) in [7, 11) is 0. The summed E-state index contributed by atoms with van der Waals surface area (Å²) >= 11 is 0. The Morgan fingerprint density at radius 1 is 1.24 bits per heavy atom.